The molecule has 0 unspecified atom stereocenters. The average molecular weight is 332 g/mol. The monoisotopic (exact) mass is 332 g/mol. The van der Waals surface area contributed by atoms with Gasteiger partial charge in [0.05, 0.1) is 6.54 Å². The summed E-state index contributed by atoms with van der Waals surface area (Å²) in [4.78, 5) is 16.7. The number of hydrogen-bond donors (Lipinski definition) is 1. The minimum absolute atomic E-state index is 0.0833. The first-order valence-corrected chi connectivity index (χ1v) is 7.64. The van der Waals surface area contributed by atoms with E-state index in [2.05, 4.69) is 19.9 Å². The van der Waals surface area contributed by atoms with E-state index in [0.717, 1.165) is 19.2 Å². The number of halogens is 2. The molecule has 0 saturated carbocycles. The van der Waals surface area contributed by atoms with E-state index < -0.39 is 11.6 Å². The van der Waals surface area contributed by atoms with Crippen molar-refractivity contribution in [3.63, 3.8) is 0 Å². The molecule has 126 valence electrons. The molecule has 8 heteroatoms. The summed E-state index contributed by atoms with van der Waals surface area (Å²) >= 11 is 0. The number of hydrogen-bond acceptors (Lipinski definition) is 4. The van der Waals surface area contributed by atoms with Crippen molar-refractivity contribution in [2.24, 2.45) is 10.7 Å². The number of rotatable bonds is 3. The quantitative estimate of drug-likeness (QED) is 0.679. The van der Waals surface area contributed by atoms with Gasteiger partial charge in [0.1, 0.15) is 11.6 Å². The molecule has 3 rings (SSSR count). The van der Waals surface area contributed by atoms with Crippen LogP contribution in [-0.4, -0.2) is 47.0 Å². The molecule has 0 atom stereocenters. The van der Waals surface area contributed by atoms with Crippen molar-refractivity contribution in [3.05, 3.63) is 53.9 Å². The summed E-state index contributed by atoms with van der Waals surface area (Å²) in [5, 5.41) is 0. The minimum Gasteiger partial charge on any atom is -0.370 e. The second kappa shape index (κ2) is 7.20. The van der Waals surface area contributed by atoms with E-state index in [1.54, 1.807) is 18.5 Å². The van der Waals surface area contributed by atoms with Gasteiger partial charge in [-0.3, -0.25) is 0 Å². The first-order chi connectivity index (χ1) is 11.6. The molecular formula is C16H18F2N6. The third kappa shape index (κ3) is 3.76. The van der Waals surface area contributed by atoms with Crippen LogP contribution in [0.5, 0.6) is 0 Å². The molecule has 0 aliphatic carbocycles. The van der Waals surface area contributed by atoms with Crippen molar-refractivity contribution in [2.45, 2.75) is 6.54 Å². The molecule has 1 aliphatic heterocycles. The summed E-state index contributed by atoms with van der Waals surface area (Å²) in [6.45, 7) is 2.90. The molecule has 0 radical (unpaired) electrons. The summed E-state index contributed by atoms with van der Waals surface area (Å²) in [6.07, 6.45) is 3.42. The van der Waals surface area contributed by atoms with Gasteiger partial charge in [0.25, 0.3) is 0 Å². The van der Waals surface area contributed by atoms with E-state index in [4.69, 9.17) is 5.73 Å². The smallest absolute Gasteiger partial charge is 0.225 e. The van der Waals surface area contributed by atoms with Gasteiger partial charge < -0.3 is 15.5 Å². The average Bonchev–Trinajstić information content (AvgIpc) is 2.62. The lowest BCUT2D eigenvalue weighted by molar-refractivity contribution is 0.378. The number of piperazine rings is 1. The van der Waals surface area contributed by atoms with Gasteiger partial charge in [-0.1, -0.05) is 6.07 Å². The second-order valence-electron chi connectivity index (χ2n) is 5.43. The topological polar surface area (TPSA) is 70.6 Å². The lowest BCUT2D eigenvalue weighted by Gasteiger charge is -2.35. The molecular weight excluding hydrogens is 314 g/mol. The zero-order chi connectivity index (χ0) is 16.9. The Bertz CT molecular complexity index is 714. The van der Waals surface area contributed by atoms with Gasteiger partial charge in [-0.15, -0.1) is 0 Å². The van der Waals surface area contributed by atoms with Crippen LogP contribution in [0.2, 0.25) is 0 Å². The van der Waals surface area contributed by atoms with Crippen molar-refractivity contribution >= 4 is 11.9 Å². The highest BCUT2D eigenvalue weighted by atomic mass is 19.1. The van der Waals surface area contributed by atoms with Crippen molar-refractivity contribution in [3.8, 4) is 0 Å². The van der Waals surface area contributed by atoms with Crippen LogP contribution in [0.15, 0.2) is 41.7 Å². The number of aliphatic imine (C=N–C) groups is 1. The molecule has 2 heterocycles. The van der Waals surface area contributed by atoms with Crippen LogP contribution in [0.3, 0.4) is 0 Å². The second-order valence-corrected chi connectivity index (χ2v) is 5.43. The van der Waals surface area contributed by atoms with E-state index in [0.29, 0.717) is 30.6 Å². The molecule has 1 saturated heterocycles. The van der Waals surface area contributed by atoms with E-state index in [1.165, 1.54) is 12.1 Å². The van der Waals surface area contributed by atoms with Gasteiger partial charge in [-0.05, 0) is 12.1 Å². The third-order valence-corrected chi connectivity index (χ3v) is 3.87. The van der Waals surface area contributed by atoms with Crippen LogP contribution in [0, 0.1) is 11.6 Å². The summed E-state index contributed by atoms with van der Waals surface area (Å²) < 4.78 is 26.5. The summed E-state index contributed by atoms with van der Waals surface area (Å²) in [5.41, 5.74) is 6.31. The van der Waals surface area contributed by atoms with Crippen LogP contribution >= 0.6 is 0 Å². The Hall–Kier alpha value is -2.77. The number of benzene rings is 1. The maximum atomic E-state index is 13.6. The number of aromatic nitrogens is 2. The van der Waals surface area contributed by atoms with Gasteiger partial charge in [0.15, 0.2) is 5.96 Å². The molecule has 6 nitrogen and oxygen atoms in total. The molecule has 1 aromatic carbocycles. The molecule has 1 aromatic heterocycles. The maximum Gasteiger partial charge on any atom is 0.225 e. The molecule has 0 spiro atoms. The van der Waals surface area contributed by atoms with E-state index in [-0.39, 0.29) is 6.54 Å². The molecule has 1 aliphatic rings. The van der Waals surface area contributed by atoms with Crippen LogP contribution < -0.4 is 10.6 Å². The first kappa shape index (κ1) is 16.1. The van der Waals surface area contributed by atoms with Crippen LogP contribution in [0.25, 0.3) is 0 Å². The number of nitrogens with zero attached hydrogens (tertiary/aromatic N) is 5. The molecule has 0 amide bonds. The molecule has 2 aromatic rings. The predicted octanol–water partition coefficient (Wildman–Crippen LogP) is 1.39. The highest BCUT2D eigenvalue weighted by molar-refractivity contribution is 5.78. The number of guanidine groups is 1. The molecule has 1 fully saturated rings. The van der Waals surface area contributed by atoms with Crippen molar-refractivity contribution in [1.82, 2.24) is 14.9 Å². The Balaban J connectivity index is 1.57. The summed E-state index contributed by atoms with van der Waals surface area (Å²) in [5.74, 6) is -0.168. The number of nitrogens with two attached hydrogens (primary N) is 1. The summed E-state index contributed by atoms with van der Waals surface area (Å²) in [7, 11) is 0. The fourth-order valence-electron chi connectivity index (χ4n) is 2.51. The molecule has 24 heavy (non-hydrogen) atoms. The first-order valence-electron chi connectivity index (χ1n) is 7.64. The third-order valence-electron chi connectivity index (χ3n) is 3.87. The Morgan fingerprint density at radius 1 is 1.12 bits per heavy atom. The lowest BCUT2D eigenvalue weighted by atomic mass is 10.2. The van der Waals surface area contributed by atoms with Gasteiger partial charge in [0.2, 0.25) is 5.95 Å². The standard InChI is InChI=1S/C16H18F2N6/c17-13-3-2-12(14(18)10-13)11-22-15(19)23-6-8-24(9-7-23)16-20-4-1-5-21-16/h1-5,10H,6-9,11H2,(H2,19,22). The van der Waals surface area contributed by atoms with E-state index >= 15 is 0 Å². The Kier molecular flexibility index (Phi) is 4.83. The van der Waals surface area contributed by atoms with Gasteiger partial charge in [-0.25, -0.2) is 23.7 Å². The van der Waals surface area contributed by atoms with Crippen molar-refractivity contribution < 1.29 is 8.78 Å². The fraction of sp³-hybridized carbons (Fsp3) is 0.312. The molecule has 0 bridgehead atoms. The minimum atomic E-state index is -0.613. The van der Waals surface area contributed by atoms with Crippen LogP contribution in [-0.2, 0) is 6.54 Å². The highest BCUT2D eigenvalue weighted by Crippen LogP contribution is 2.12. The molecule has 2 N–H and O–H groups in total. The van der Waals surface area contributed by atoms with Crippen molar-refractivity contribution in [2.75, 3.05) is 31.1 Å². The normalized spacial score (nSPS) is 15.7. The van der Waals surface area contributed by atoms with E-state index in [1.807, 2.05) is 4.90 Å². The Morgan fingerprint density at radius 3 is 2.50 bits per heavy atom. The lowest BCUT2D eigenvalue weighted by Crippen LogP contribution is -2.51. The van der Waals surface area contributed by atoms with Crippen molar-refractivity contribution in [1.29, 1.82) is 0 Å². The van der Waals surface area contributed by atoms with Gasteiger partial charge >= 0.3 is 0 Å². The Morgan fingerprint density at radius 2 is 1.83 bits per heavy atom. The number of anilines is 1. The fourth-order valence-corrected chi connectivity index (χ4v) is 2.51. The largest absolute Gasteiger partial charge is 0.370 e. The van der Waals surface area contributed by atoms with E-state index in [9.17, 15) is 8.78 Å². The predicted molar refractivity (Wildman–Crippen MR) is 87.5 cm³/mol. The van der Waals surface area contributed by atoms with Crippen LogP contribution in [0.1, 0.15) is 5.56 Å². The maximum absolute atomic E-state index is 13.6. The Labute approximate surface area is 138 Å². The van der Waals surface area contributed by atoms with Gasteiger partial charge in [0, 0.05) is 50.2 Å². The van der Waals surface area contributed by atoms with Gasteiger partial charge in [-0.2, -0.15) is 0 Å². The zero-order valence-electron chi connectivity index (χ0n) is 13.1. The summed E-state index contributed by atoms with van der Waals surface area (Å²) in [6, 6.07) is 5.22. The SMILES string of the molecule is NC(=NCc1ccc(F)cc1F)N1CCN(c2ncccn2)CC1. The highest BCUT2D eigenvalue weighted by Gasteiger charge is 2.19. The van der Waals surface area contributed by atoms with Crippen LogP contribution in [0.4, 0.5) is 14.7 Å². The zero-order valence-corrected chi connectivity index (χ0v) is 13.1.